The van der Waals surface area contributed by atoms with Crippen molar-refractivity contribution in [2.24, 2.45) is 0 Å². The number of carbonyl (C=O) groups is 2. The Bertz CT molecular complexity index is 1000. The van der Waals surface area contributed by atoms with E-state index >= 15 is 0 Å². The molecule has 0 radical (unpaired) electrons. The van der Waals surface area contributed by atoms with Crippen molar-refractivity contribution in [1.82, 2.24) is 10.2 Å². The Morgan fingerprint density at radius 3 is 2.58 bits per heavy atom. The van der Waals surface area contributed by atoms with Crippen LogP contribution >= 0.6 is 11.6 Å². The topological polar surface area (TPSA) is 58.6 Å². The summed E-state index contributed by atoms with van der Waals surface area (Å²) in [4.78, 5) is 26.8. The highest BCUT2D eigenvalue weighted by atomic mass is 35.5. The van der Waals surface area contributed by atoms with Gasteiger partial charge in [0.2, 0.25) is 5.91 Å². The molecule has 7 heteroatoms. The van der Waals surface area contributed by atoms with Crippen molar-refractivity contribution in [3.8, 4) is 0 Å². The average Bonchev–Trinajstić information content (AvgIpc) is 3.04. The zero-order valence-electron chi connectivity index (χ0n) is 17.7. The summed E-state index contributed by atoms with van der Waals surface area (Å²) in [7, 11) is 1.67. The van der Waals surface area contributed by atoms with E-state index < -0.39 is 5.82 Å². The molecule has 2 amide bonds. The van der Waals surface area contributed by atoms with Gasteiger partial charge in [0.15, 0.2) is 5.82 Å². The fourth-order valence-electron chi connectivity index (χ4n) is 5.15. The molecule has 5 nitrogen and oxygen atoms in total. The van der Waals surface area contributed by atoms with Gasteiger partial charge in [-0.1, -0.05) is 48.9 Å². The zero-order chi connectivity index (χ0) is 22.2. The minimum Gasteiger partial charge on any atom is -0.378 e. The van der Waals surface area contributed by atoms with Crippen LogP contribution in [0.5, 0.6) is 0 Å². The van der Waals surface area contributed by atoms with Gasteiger partial charge >= 0.3 is 0 Å². The summed E-state index contributed by atoms with van der Waals surface area (Å²) < 4.78 is 20.3. The molecular formula is C24H26ClFN2O3. The van der Waals surface area contributed by atoms with Crippen LogP contribution in [0.4, 0.5) is 4.39 Å². The van der Waals surface area contributed by atoms with Crippen molar-refractivity contribution in [3.63, 3.8) is 0 Å². The van der Waals surface area contributed by atoms with E-state index in [1.807, 2.05) is 25.1 Å². The molecule has 1 spiro atoms. The number of benzene rings is 2. The Balaban J connectivity index is 1.61. The van der Waals surface area contributed by atoms with E-state index in [1.54, 1.807) is 18.1 Å². The fraction of sp³-hybridized carbons (Fsp3) is 0.417. The summed E-state index contributed by atoms with van der Waals surface area (Å²) in [6.45, 7) is 2.76. The summed E-state index contributed by atoms with van der Waals surface area (Å²) in [5.41, 5.74) is 1.90. The number of nitrogens with one attached hydrogen (secondary N) is 1. The molecule has 164 valence electrons. The summed E-state index contributed by atoms with van der Waals surface area (Å²) >= 11 is 5.86. The Kier molecular flexibility index (Phi) is 6.04. The lowest BCUT2D eigenvalue weighted by Crippen LogP contribution is -2.51. The lowest BCUT2D eigenvalue weighted by molar-refractivity contribution is -0.123. The summed E-state index contributed by atoms with van der Waals surface area (Å²) in [5.74, 6) is -1.06. The van der Waals surface area contributed by atoms with Crippen LogP contribution in [-0.4, -0.2) is 43.0 Å². The second kappa shape index (κ2) is 8.60. The third-order valence-electron chi connectivity index (χ3n) is 6.70. The van der Waals surface area contributed by atoms with Crippen LogP contribution in [0, 0.1) is 5.82 Å². The maximum Gasteiger partial charge on any atom is 0.256 e. The number of piperidine rings is 1. The Labute approximate surface area is 186 Å². The van der Waals surface area contributed by atoms with Gasteiger partial charge in [-0.05, 0) is 36.1 Å². The summed E-state index contributed by atoms with van der Waals surface area (Å²) in [6.07, 6.45) is 1.49. The first-order chi connectivity index (χ1) is 14.9. The van der Waals surface area contributed by atoms with Crippen molar-refractivity contribution in [1.29, 1.82) is 0 Å². The van der Waals surface area contributed by atoms with Gasteiger partial charge in [0.1, 0.15) is 0 Å². The molecule has 31 heavy (non-hydrogen) atoms. The van der Waals surface area contributed by atoms with Gasteiger partial charge in [-0.2, -0.15) is 0 Å². The van der Waals surface area contributed by atoms with Gasteiger partial charge in [0.25, 0.3) is 5.91 Å². The zero-order valence-corrected chi connectivity index (χ0v) is 18.4. The molecule has 0 saturated carbocycles. The molecule has 2 aliphatic rings. The molecule has 1 N–H and O–H groups in total. The molecule has 1 aliphatic heterocycles. The predicted molar refractivity (Wildman–Crippen MR) is 117 cm³/mol. The number of hydrogen-bond donors (Lipinski definition) is 1. The van der Waals surface area contributed by atoms with Crippen molar-refractivity contribution in [2.75, 3.05) is 20.2 Å². The highest BCUT2D eigenvalue weighted by Gasteiger charge is 2.54. The number of nitrogens with zero attached hydrogens (tertiary/aromatic N) is 1. The number of carbonyl (C=O) groups excluding carboxylic acids is 2. The van der Waals surface area contributed by atoms with E-state index in [4.69, 9.17) is 16.3 Å². The number of fused-ring (bicyclic) bond motifs is 2. The molecule has 0 bridgehead atoms. The Morgan fingerprint density at radius 2 is 1.90 bits per heavy atom. The average molecular weight is 445 g/mol. The van der Waals surface area contributed by atoms with Gasteiger partial charge in [-0.3, -0.25) is 9.59 Å². The van der Waals surface area contributed by atoms with Crippen LogP contribution in [0.25, 0.3) is 0 Å². The van der Waals surface area contributed by atoms with E-state index in [-0.39, 0.29) is 40.0 Å². The van der Waals surface area contributed by atoms with Crippen molar-refractivity contribution < 1.29 is 18.7 Å². The van der Waals surface area contributed by atoms with Gasteiger partial charge < -0.3 is 15.0 Å². The maximum absolute atomic E-state index is 14.4. The van der Waals surface area contributed by atoms with E-state index in [1.165, 1.54) is 12.1 Å². The second-order valence-electron chi connectivity index (χ2n) is 8.19. The molecule has 1 saturated heterocycles. The van der Waals surface area contributed by atoms with E-state index in [0.29, 0.717) is 32.4 Å². The van der Waals surface area contributed by atoms with Crippen molar-refractivity contribution in [3.05, 3.63) is 70.0 Å². The lowest BCUT2D eigenvalue weighted by atomic mass is 9.71. The minimum atomic E-state index is -0.683. The van der Waals surface area contributed by atoms with Gasteiger partial charge in [-0.15, -0.1) is 0 Å². The quantitative estimate of drug-likeness (QED) is 0.767. The third kappa shape index (κ3) is 3.62. The fourth-order valence-corrected chi connectivity index (χ4v) is 5.32. The number of amides is 2. The SMILES string of the molecule is CCC(=O)N[C@H]1c2ccccc2C2(CCN(C(=O)c3cccc(Cl)c3F)CC2)[C@@H]1OC. The van der Waals surface area contributed by atoms with Crippen molar-refractivity contribution >= 4 is 23.4 Å². The largest absolute Gasteiger partial charge is 0.378 e. The van der Waals surface area contributed by atoms with Crippen LogP contribution in [0.3, 0.4) is 0 Å². The number of hydrogen-bond acceptors (Lipinski definition) is 3. The van der Waals surface area contributed by atoms with Crippen LogP contribution in [0.2, 0.25) is 5.02 Å². The first-order valence-corrected chi connectivity index (χ1v) is 11.0. The summed E-state index contributed by atoms with van der Waals surface area (Å²) in [6, 6.07) is 12.3. The van der Waals surface area contributed by atoms with Gasteiger partial charge in [0.05, 0.1) is 22.7 Å². The third-order valence-corrected chi connectivity index (χ3v) is 6.99. The molecule has 1 aliphatic carbocycles. The normalized spacial score (nSPS) is 21.7. The van der Waals surface area contributed by atoms with Crippen molar-refractivity contribution in [2.45, 2.75) is 43.7 Å². The monoisotopic (exact) mass is 444 g/mol. The number of halogens is 2. The highest BCUT2D eigenvalue weighted by Crippen LogP contribution is 2.52. The summed E-state index contributed by atoms with van der Waals surface area (Å²) in [5, 5.41) is 3.06. The maximum atomic E-state index is 14.4. The molecular weight excluding hydrogens is 419 g/mol. The molecule has 2 aromatic rings. The first kappa shape index (κ1) is 21.8. The molecule has 0 aromatic heterocycles. The van der Waals surface area contributed by atoms with Crippen LogP contribution in [0.1, 0.15) is 53.7 Å². The predicted octanol–water partition coefficient (Wildman–Crippen LogP) is 4.25. The smallest absolute Gasteiger partial charge is 0.256 e. The number of ether oxygens (including phenoxy) is 1. The van der Waals surface area contributed by atoms with Crippen LogP contribution < -0.4 is 5.32 Å². The molecule has 0 unspecified atom stereocenters. The molecule has 2 atom stereocenters. The van der Waals surface area contributed by atoms with Gasteiger partial charge in [0, 0.05) is 32.0 Å². The number of likely N-dealkylation sites (tertiary alicyclic amines) is 1. The van der Waals surface area contributed by atoms with E-state index in [9.17, 15) is 14.0 Å². The standard InChI is InChI=1S/C24H26ClFN2O3/c1-3-19(29)27-21-15-7-4-5-9-17(15)24(22(21)31-2)11-13-28(14-12-24)23(30)16-8-6-10-18(25)20(16)26/h4-10,21-22H,3,11-14H2,1-2H3,(H,27,29)/t21-,22+/m0/s1. The van der Waals surface area contributed by atoms with Crippen LogP contribution in [0.15, 0.2) is 42.5 Å². The Morgan fingerprint density at radius 1 is 1.19 bits per heavy atom. The highest BCUT2D eigenvalue weighted by molar-refractivity contribution is 6.31. The molecule has 4 rings (SSSR count). The van der Waals surface area contributed by atoms with Crippen LogP contribution in [-0.2, 0) is 14.9 Å². The molecule has 1 fully saturated rings. The first-order valence-electron chi connectivity index (χ1n) is 10.6. The van der Waals surface area contributed by atoms with E-state index in [0.717, 1.165) is 11.1 Å². The number of rotatable bonds is 4. The molecule has 2 aromatic carbocycles. The molecule has 1 heterocycles. The second-order valence-corrected chi connectivity index (χ2v) is 8.60. The number of methoxy groups -OCH3 is 1. The Hall–Kier alpha value is -2.44. The van der Waals surface area contributed by atoms with E-state index in [2.05, 4.69) is 11.4 Å². The minimum absolute atomic E-state index is 0.00773. The van der Waals surface area contributed by atoms with Gasteiger partial charge in [-0.25, -0.2) is 4.39 Å². The lowest BCUT2D eigenvalue weighted by Gasteiger charge is -2.44.